The molecule has 0 bridgehead atoms. The fraction of sp³-hybridized carbons (Fsp3) is 0.462. The van der Waals surface area contributed by atoms with Crippen molar-refractivity contribution in [1.29, 1.82) is 0 Å². The number of nitrogens with one attached hydrogen (secondary N) is 1. The largest absolute Gasteiger partial charge is 0.409 e. The fourth-order valence-corrected chi connectivity index (χ4v) is 1.67. The molecule has 0 saturated heterocycles. The van der Waals surface area contributed by atoms with Crippen LogP contribution < -0.4 is 11.1 Å². The molecule has 106 valence electrons. The van der Waals surface area contributed by atoms with Gasteiger partial charge < -0.3 is 25.7 Å². The average Bonchev–Trinajstić information content (AvgIpc) is 2.45. The highest BCUT2D eigenvalue weighted by Crippen LogP contribution is 2.05. The summed E-state index contributed by atoms with van der Waals surface area (Å²) in [5.74, 6) is 0.107. The van der Waals surface area contributed by atoms with Gasteiger partial charge in [-0.3, -0.25) is 0 Å². The minimum Gasteiger partial charge on any atom is -0.409 e. The monoisotopic (exact) mass is 267 g/mol. The van der Waals surface area contributed by atoms with Gasteiger partial charge in [0.15, 0.2) is 5.84 Å². The van der Waals surface area contributed by atoms with E-state index in [1.807, 2.05) is 18.2 Å². The van der Waals surface area contributed by atoms with Gasteiger partial charge in [0.2, 0.25) is 0 Å². The van der Waals surface area contributed by atoms with Crippen LogP contribution in [0.2, 0.25) is 0 Å². The van der Waals surface area contributed by atoms with Crippen molar-refractivity contribution >= 4 is 5.84 Å². The Morgan fingerprint density at radius 2 is 2.26 bits per heavy atom. The predicted molar refractivity (Wildman–Crippen MR) is 73.3 cm³/mol. The van der Waals surface area contributed by atoms with Crippen LogP contribution in [0.4, 0.5) is 0 Å². The number of amidine groups is 1. The molecule has 0 heterocycles. The highest BCUT2D eigenvalue weighted by molar-refractivity contribution is 5.97. The first kappa shape index (κ1) is 15.4. The second-order valence-corrected chi connectivity index (χ2v) is 4.13. The third-order valence-electron chi connectivity index (χ3n) is 2.72. The van der Waals surface area contributed by atoms with E-state index in [0.29, 0.717) is 25.3 Å². The molecule has 0 aliphatic carbocycles. The predicted octanol–water partition coefficient (Wildman–Crippen LogP) is 0.532. The van der Waals surface area contributed by atoms with Crippen LogP contribution in [0.5, 0.6) is 0 Å². The number of benzene rings is 1. The van der Waals surface area contributed by atoms with E-state index in [4.69, 9.17) is 20.4 Å². The Morgan fingerprint density at radius 1 is 1.47 bits per heavy atom. The van der Waals surface area contributed by atoms with Crippen molar-refractivity contribution in [3.63, 3.8) is 0 Å². The Bertz CT molecular complexity index is 410. The molecule has 0 radical (unpaired) electrons. The van der Waals surface area contributed by atoms with Gasteiger partial charge in [0.1, 0.15) is 0 Å². The molecular formula is C13H21N3O3. The van der Waals surface area contributed by atoms with Gasteiger partial charge in [0, 0.05) is 32.9 Å². The SMILES string of the molecule is COCC(CNCc1cccc(/C(N)=N/O)c1)OC. The standard InChI is InChI=1S/C13H21N3O3/c1-18-9-12(19-2)8-15-7-10-4-3-5-11(6-10)13(14)16-17/h3-6,12,15,17H,7-9H2,1-2H3,(H2,14,16). The van der Waals surface area contributed by atoms with Crippen LogP contribution in [0.15, 0.2) is 29.4 Å². The Balaban J connectivity index is 2.49. The summed E-state index contributed by atoms with van der Waals surface area (Å²) in [4.78, 5) is 0. The summed E-state index contributed by atoms with van der Waals surface area (Å²) >= 11 is 0. The zero-order valence-electron chi connectivity index (χ0n) is 11.3. The summed E-state index contributed by atoms with van der Waals surface area (Å²) in [7, 11) is 3.30. The van der Waals surface area contributed by atoms with Gasteiger partial charge >= 0.3 is 0 Å². The second-order valence-electron chi connectivity index (χ2n) is 4.13. The quantitative estimate of drug-likeness (QED) is 0.277. The number of nitrogens with zero attached hydrogens (tertiary/aromatic N) is 1. The van der Waals surface area contributed by atoms with Gasteiger partial charge in [-0.2, -0.15) is 0 Å². The van der Waals surface area contributed by atoms with Crippen molar-refractivity contribution in [1.82, 2.24) is 5.32 Å². The van der Waals surface area contributed by atoms with Crippen molar-refractivity contribution in [2.24, 2.45) is 10.9 Å². The van der Waals surface area contributed by atoms with E-state index in [9.17, 15) is 0 Å². The second kappa shape index (κ2) is 8.47. The Morgan fingerprint density at radius 3 is 2.89 bits per heavy atom. The molecule has 6 heteroatoms. The van der Waals surface area contributed by atoms with E-state index in [2.05, 4.69) is 10.5 Å². The van der Waals surface area contributed by atoms with E-state index in [1.165, 1.54) is 0 Å². The molecule has 1 unspecified atom stereocenters. The molecule has 1 rings (SSSR count). The van der Waals surface area contributed by atoms with Crippen LogP contribution in [0.25, 0.3) is 0 Å². The number of hydrogen-bond acceptors (Lipinski definition) is 5. The van der Waals surface area contributed by atoms with Crippen LogP contribution in [0.3, 0.4) is 0 Å². The molecule has 4 N–H and O–H groups in total. The fourth-order valence-electron chi connectivity index (χ4n) is 1.67. The lowest BCUT2D eigenvalue weighted by Crippen LogP contribution is -2.31. The molecule has 0 aromatic heterocycles. The molecule has 6 nitrogen and oxygen atoms in total. The number of hydrogen-bond donors (Lipinski definition) is 3. The molecule has 0 aliphatic rings. The molecular weight excluding hydrogens is 246 g/mol. The van der Waals surface area contributed by atoms with Crippen molar-refractivity contribution in [2.45, 2.75) is 12.6 Å². The number of methoxy groups -OCH3 is 2. The molecule has 1 atom stereocenters. The van der Waals surface area contributed by atoms with Crippen LogP contribution in [-0.2, 0) is 16.0 Å². The number of rotatable bonds is 8. The molecule has 0 fully saturated rings. The van der Waals surface area contributed by atoms with Crippen LogP contribution in [-0.4, -0.2) is 44.5 Å². The van der Waals surface area contributed by atoms with Crippen LogP contribution in [0, 0.1) is 0 Å². The van der Waals surface area contributed by atoms with E-state index in [0.717, 1.165) is 5.56 Å². The summed E-state index contributed by atoms with van der Waals surface area (Å²) in [5.41, 5.74) is 7.29. The zero-order valence-corrected chi connectivity index (χ0v) is 11.3. The summed E-state index contributed by atoms with van der Waals surface area (Å²) < 4.78 is 10.3. The molecule has 1 aromatic carbocycles. The van der Waals surface area contributed by atoms with Gasteiger partial charge in [0.25, 0.3) is 0 Å². The smallest absolute Gasteiger partial charge is 0.170 e. The molecule has 1 aromatic rings. The topological polar surface area (TPSA) is 89.1 Å². The van der Waals surface area contributed by atoms with E-state index >= 15 is 0 Å². The maximum atomic E-state index is 8.64. The van der Waals surface area contributed by atoms with E-state index < -0.39 is 0 Å². The Hall–Kier alpha value is -1.63. The van der Waals surface area contributed by atoms with Crippen LogP contribution >= 0.6 is 0 Å². The summed E-state index contributed by atoms with van der Waals surface area (Å²) in [6.45, 7) is 1.92. The summed E-state index contributed by atoms with van der Waals surface area (Å²) in [5, 5.41) is 14.9. The maximum Gasteiger partial charge on any atom is 0.170 e. The minimum absolute atomic E-state index is 0.0252. The average molecular weight is 267 g/mol. The van der Waals surface area contributed by atoms with E-state index in [1.54, 1.807) is 20.3 Å². The first-order valence-electron chi connectivity index (χ1n) is 6.00. The first-order chi connectivity index (χ1) is 9.21. The van der Waals surface area contributed by atoms with Gasteiger partial charge in [-0.25, -0.2) is 0 Å². The highest BCUT2D eigenvalue weighted by atomic mass is 16.5. The third-order valence-corrected chi connectivity index (χ3v) is 2.72. The third kappa shape index (κ3) is 5.25. The van der Waals surface area contributed by atoms with Crippen molar-refractivity contribution in [3.8, 4) is 0 Å². The lowest BCUT2D eigenvalue weighted by atomic mass is 10.1. The Labute approximate surface area is 113 Å². The van der Waals surface area contributed by atoms with Crippen molar-refractivity contribution < 1.29 is 14.7 Å². The zero-order chi connectivity index (χ0) is 14.1. The first-order valence-corrected chi connectivity index (χ1v) is 6.00. The molecule has 19 heavy (non-hydrogen) atoms. The van der Waals surface area contributed by atoms with Gasteiger partial charge in [0.05, 0.1) is 12.7 Å². The highest BCUT2D eigenvalue weighted by Gasteiger charge is 2.06. The molecule has 0 spiro atoms. The lowest BCUT2D eigenvalue weighted by Gasteiger charge is -2.15. The molecule has 0 amide bonds. The number of oxime groups is 1. The van der Waals surface area contributed by atoms with Crippen LogP contribution in [0.1, 0.15) is 11.1 Å². The van der Waals surface area contributed by atoms with E-state index in [-0.39, 0.29) is 11.9 Å². The van der Waals surface area contributed by atoms with Crippen molar-refractivity contribution in [3.05, 3.63) is 35.4 Å². The number of ether oxygens (including phenoxy) is 2. The Kier molecular flexibility index (Phi) is 6.88. The maximum absolute atomic E-state index is 8.64. The normalized spacial score (nSPS) is 13.5. The van der Waals surface area contributed by atoms with Crippen molar-refractivity contribution in [2.75, 3.05) is 27.4 Å². The molecule has 0 aliphatic heterocycles. The summed E-state index contributed by atoms with van der Waals surface area (Å²) in [6, 6.07) is 7.51. The van der Waals surface area contributed by atoms with Gasteiger partial charge in [-0.15, -0.1) is 0 Å². The lowest BCUT2D eigenvalue weighted by molar-refractivity contribution is 0.0288. The van der Waals surface area contributed by atoms with Gasteiger partial charge in [-0.1, -0.05) is 23.4 Å². The summed E-state index contributed by atoms with van der Waals surface area (Å²) in [6.07, 6.45) is 0.0252. The number of nitrogens with two attached hydrogens (primary N) is 1. The minimum atomic E-state index is 0.0252. The molecule has 0 saturated carbocycles. The van der Waals surface area contributed by atoms with Gasteiger partial charge in [-0.05, 0) is 11.6 Å².